The zero-order valence-corrected chi connectivity index (χ0v) is 12.0. The van der Waals surface area contributed by atoms with E-state index in [4.69, 9.17) is 0 Å². The first-order valence-electron chi connectivity index (χ1n) is 7.17. The van der Waals surface area contributed by atoms with Crippen LogP contribution in [0.1, 0.15) is 24.8 Å². The molecule has 1 N–H and O–H groups in total. The molecule has 1 fully saturated rings. The summed E-state index contributed by atoms with van der Waals surface area (Å²) in [6.45, 7) is 0. The summed E-state index contributed by atoms with van der Waals surface area (Å²) in [4.78, 5) is 11.4. The molecular formula is C17H14F4O2. The number of aliphatic carboxylic acids is 1. The van der Waals surface area contributed by atoms with E-state index in [2.05, 4.69) is 0 Å². The van der Waals surface area contributed by atoms with Crippen molar-refractivity contribution in [3.63, 3.8) is 0 Å². The van der Waals surface area contributed by atoms with Gasteiger partial charge in [0.25, 0.3) is 0 Å². The standard InChI is InChI=1S/C17H14F4O2/c18-13-10-16(17(19,20)21,15(8-9-15)14(22)23)7-6-12(13)11-4-2-1-3-5-11/h1-7H,8-10H2,(H,22,23). The first kappa shape index (κ1) is 15.8. The van der Waals surface area contributed by atoms with Gasteiger partial charge in [0.15, 0.2) is 0 Å². The van der Waals surface area contributed by atoms with Crippen molar-refractivity contribution in [2.45, 2.75) is 25.4 Å². The lowest BCUT2D eigenvalue weighted by Gasteiger charge is -2.40. The molecule has 0 radical (unpaired) electrons. The molecule has 1 saturated carbocycles. The molecule has 23 heavy (non-hydrogen) atoms. The van der Waals surface area contributed by atoms with Crippen molar-refractivity contribution in [3.8, 4) is 0 Å². The molecule has 0 spiro atoms. The molecule has 0 amide bonds. The Morgan fingerprint density at radius 1 is 1.13 bits per heavy atom. The fourth-order valence-corrected chi connectivity index (χ4v) is 3.36. The molecule has 0 aliphatic heterocycles. The largest absolute Gasteiger partial charge is 0.481 e. The summed E-state index contributed by atoms with van der Waals surface area (Å²) in [5, 5.41) is 9.28. The van der Waals surface area contributed by atoms with Crippen molar-refractivity contribution in [1.29, 1.82) is 0 Å². The summed E-state index contributed by atoms with van der Waals surface area (Å²) in [5.41, 5.74) is -4.10. The molecule has 1 aromatic rings. The number of halogens is 4. The first-order valence-corrected chi connectivity index (χ1v) is 7.17. The van der Waals surface area contributed by atoms with Gasteiger partial charge in [0, 0.05) is 12.0 Å². The van der Waals surface area contributed by atoms with E-state index in [9.17, 15) is 27.5 Å². The van der Waals surface area contributed by atoms with E-state index in [1.807, 2.05) is 0 Å². The second-order valence-corrected chi connectivity index (χ2v) is 6.05. The third-order valence-corrected chi connectivity index (χ3v) is 4.86. The average Bonchev–Trinajstić information content (AvgIpc) is 3.28. The van der Waals surface area contributed by atoms with Crippen molar-refractivity contribution in [3.05, 3.63) is 53.9 Å². The third-order valence-electron chi connectivity index (χ3n) is 4.86. The zero-order valence-electron chi connectivity index (χ0n) is 12.0. The van der Waals surface area contributed by atoms with Crippen LogP contribution in [0.25, 0.3) is 5.57 Å². The summed E-state index contributed by atoms with van der Waals surface area (Å²) in [5.74, 6) is -2.45. The minimum absolute atomic E-state index is 0.0756. The molecule has 0 aromatic heterocycles. The second-order valence-electron chi connectivity index (χ2n) is 6.05. The van der Waals surface area contributed by atoms with Gasteiger partial charge in [-0.2, -0.15) is 13.2 Å². The van der Waals surface area contributed by atoms with Crippen LogP contribution < -0.4 is 0 Å². The van der Waals surface area contributed by atoms with Crippen molar-refractivity contribution >= 4 is 11.5 Å². The molecule has 2 aliphatic rings. The molecule has 0 saturated heterocycles. The number of hydrogen-bond donors (Lipinski definition) is 1. The van der Waals surface area contributed by atoms with E-state index in [0.717, 1.165) is 12.2 Å². The van der Waals surface area contributed by atoms with Crippen LogP contribution >= 0.6 is 0 Å². The van der Waals surface area contributed by atoms with E-state index in [-0.39, 0.29) is 18.4 Å². The van der Waals surface area contributed by atoms with Gasteiger partial charge < -0.3 is 5.11 Å². The molecule has 1 atom stereocenters. The van der Waals surface area contributed by atoms with Crippen LogP contribution in [0.2, 0.25) is 0 Å². The maximum Gasteiger partial charge on any atom is 0.399 e. The van der Waals surface area contributed by atoms with E-state index >= 15 is 0 Å². The topological polar surface area (TPSA) is 37.3 Å². The Morgan fingerprint density at radius 2 is 1.74 bits per heavy atom. The Morgan fingerprint density at radius 3 is 2.17 bits per heavy atom. The number of benzene rings is 1. The molecule has 3 rings (SSSR count). The minimum atomic E-state index is -4.84. The highest BCUT2D eigenvalue weighted by Gasteiger charge is 2.74. The molecule has 1 aromatic carbocycles. The number of allylic oxidation sites excluding steroid dienone is 4. The Labute approximate surface area is 130 Å². The highest BCUT2D eigenvalue weighted by Crippen LogP contribution is 2.69. The van der Waals surface area contributed by atoms with E-state index in [1.54, 1.807) is 30.3 Å². The fourth-order valence-electron chi connectivity index (χ4n) is 3.36. The molecule has 0 bridgehead atoms. The average molecular weight is 326 g/mol. The fraction of sp³-hybridized carbons (Fsp3) is 0.353. The van der Waals surface area contributed by atoms with Gasteiger partial charge >= 0.3 is 12.1 Å². The highest BCUT2D eigenvalue weighted by molar-refractivity contribution is 5.82. The first-order chi connectivity index (χ1) is 10.7. The van der Waals surface area contributed by atoms with Crippen molar-refractivity contribution < 1.29 is 27.5 Å². The smallest absolute Gasteiger partial charge is 0.399 e. The molecule has 2 aliphatic carbocycles. The maximum absolute atomic E-state index is 14.5. The summed E-state index contributed by atoms with van der Waals surface area (Å²) in [6, 6.07) is 8.25. The van der Waals surface area contributed by atoms with Crippen molar-refractivity contribution in [1.82, 2.24) is 0 Å². The Kier molecular flexibility index (Phi) is 3.39. The van der Waals surface area contributed by atoms with Crippen LogP contribution in [0, 0.1) is 10.8 Å². The molecule has 6 heteroatoms. The Balaban J connectivity index is 2.07. The van der Waals surface area contributed by atoms with Crippen LogP contribution in [0.3, 0.4) is 0 Å². The normalized spacial score (nSPS) is 26.3. The van der Waals surface area contributed by atoms with Crippen molar-refractivity contribution in [2.24, 2.45) is 10.8 Å². The lowest BCUT2D eigenvalue weighted by atomic mass is 9.66. The van der Waals surface area contributed by atoms with Gasteiger partial charge in [-0.1, -0.05) is 42.5 Å². The molecule has 1 unspecified atom stereocenters. The lowest BCUT2D eigenvalue weighted by Crippen LogP contribution is -2.48. The van der Waals surface area contributed by atoms with E-state index < -0.39 is 35.2 Å². The summed E-state index contributed by atoms with van der Waals surface area (Å²) in [7, 11) is 0. The number of alkyl halides is 3. The van der Waals surface area contributed by atoms with Crippen molar-refractivity contribution in [2.75, 3.05) is 0 Å². The second kappa shape index (κ2) is 4.94. The summed E-state index contributed by atoms with van der Waals surface area (Å²) in [6.07, 6.45) is -4.08. The number of carbonyl (C=O) groups is 1. The van der Waals surface area contributed by atoms with Crippen LogP contribution in [-0.2, 0) is 4.79 Å². The van der Waals surface area contributed by atoms with Crippen LogP contribution in [0.15, 0.2) is 48.3 Å². The molecule has 0 heterocycles. The summed E-state index contributed by atoms with van der Waals surface area (Å²) < 4.78 is 55.6. The molecular weight excluding hydrogens is 312 g/mol. The Bertz CT molecular complexity index is 699. The monoisotopic (exact) mass is 326 g/mol. The number of hydrogen-bond acceptors (Lipinski definition) is 1. The van der Waals surface area contributed by atoms with Crippen LogP contribution in [0.5, 0.6) is 0 Å². The van der Waals surface area contributed by atoms with Gasteiger partial charge in [-0.25, -0.2) is 4.39 Å². The van der Waals surface area contributed by atoms with Gasteiger partial charge in [-0.15, -0.1) is 0 Å². The highest BCUT2D eigenvalue weighted by atomic mass is 19.4. The van der Waals surface area contributed by atoms with Crippen LogP contribution in [0.4, 0.5) is 17.6 Å². The number of rotatable bonds is 3. The lowest BCUT2D eigenvalue weighted by molar-refractivity contribution is -0.233. The number of carboxylic acids is 1. The minimum Gasteiger partial charge on any atom is -0.481 e. The third kappa shape index (κ3) is 2.19. The Hall–Kier alpha value is -2.11. The summed E-state index contributed by atoms with van der Waals surface area (Å²) >= 11 is 0. The van der Waals surface area contributed by atoms with Gasteiger partial charge in [-0.05, 0) is 18.4 Å². The molecule has 122 valence electrons. The SMILES string of the molecule is O=C(O)C1(C2(C(F)(F)F)C=CC(c3ccccc3)=C(F)C2)CC1. The zero-order chi connectivity index (χ0) is 16.9. The maximum atomic E-state index is 14.5. The van der Waals surface area contributed by atoms with Crippen LogP contribution in [-0.4, -0.2) is 17.3 Å². The van der Waals surface area contributed by atoms with Gasteiger partial charge in [0.2, 0.25) is 0 Å². The van der Waals surface area contributed by atoms with Gasteiger partial charge in [0.1, 0.15) is 11.2 Å². The van der Waals surface area contributed by atoms with Gasteiger partial charge in [-0.3, -0.25) is 4.79 Å². The van der Waals surface area contributed by atoms with E-state index in [0.29, 0.717) is 5.56 Å². The number of carboxylic acid groups (broad SMARTS) is 1. The van der Waals surface area contributed by atoms with E-state index in [1.165, 1.54) is 0 Å². The predicted molar refractivity (Wildman–Crippen MR) is 76.0 cm³/mol. The predicted octanol–water partition coefficient (Wildman–Crippen LogP) is 4.74. The molecule has 2 nitrogen and oxygen atoms in total. The van der Waals surface area contributed by atoms with Gasteiger partial charge in [0.05, 0.1) is 5.41 Å². The quantitative estimate of drug-likeness (QED) is 0.815.